The Morgan fingerprint density at radius 2 is 2.32 bits per heavy atom. The van der Waals surface area contributed by atoms with Crippen molar-refractivity contribution in [2.45, 2.75) is 26.5 Å². The van der Waals surface area contributed by atoms with Crippen molar-refractivity contribution in [3.8, 4) is 0 Å². The number of esters is 1. The lowest BCUT2D eigenvalue weighted by Gasteiger charge is -2.12. The Morgan fingerprint density at radius 1 is 1.53 bits per heavy atom. The molecule has 5 heteroatoms. The maximum absolute atomic E-state index is 12.0. The zero-order valence-electron chi connectivity index (χ0n) is 11.0. The number of hydrogen-bond acceptors (Lipinski definition) is 4. The molecule has 0 bridgehead atoms. The minimum Gasteiger partial charge on any atom is -0.456 e. The number of rotatable bonds is 4. The van der Waals surface area contributed by atoms with E-state index in [0.717, 1.165) is 5.56 Å². The van der Waals surface area contributed by atoms with Gasteiger partial charge in [-0.1, -0.05) is 6.07 Å². The second kappa shape index (κ2) is 5.56. The Balaban J connectivity index is 2.08. The highest BCUT2D eigenvalue weighted by molar-refractivity contribution is 5.89. The molecule has 0 fully saturated rings. The third-order valence-corrected chi connectivity index (χ3v) is 2.73. The lowest BCUT2D eigenvalue weighted by Crippen LogP contribution is -2.13. The number of carbonyl (C=O) groups is 1. The molecular weight excluding hydrogens is 242 g/mol. The highest BCUT2D eigenvalue weighted by atomic mass is 16.5. The van der Waals surface area contributed by atoms with Crippen LogP contribution in [-0.2, 0) is 11.3 Å². The van der Waals surface area contributed by atoms with Crippen LogP contribution in [0.1, 0.15) is 35.9 Å². The van der Waals surface area contributed by atoms with Gasteiger partial charge in [-0.2, -0.15) is 0 Å². The molecule has 0 saturated carbocycles. The Labute approximate surface area is 112 Å². The van der Waals surface area contributed by atoms with Crippen molar-refractivity contribution in [2.24, 2.45) is 0 Å². The molecule has 0 spiro atoms. The molecule has 19 heavy (non-hydrogen) atoms. The topological polar surface area (TPSA) is 70.1 Å². The van der Waals surface area contributed by atoms with Crippen molar-refractivity contribution < 1.29 is 9.53 Å². The van der Waals surface area contributed by atoms with Crippen LogP contribution in [0.5, 0.6) is 0 Å². The molecule has 0 radical (unpaired) electrons. The molecule has 0 aliphatic rings. The van der Waals surface area contributed by atoms with E-state index in [2.05, 4.69) is 4.98 Å². The van der Waals surface area contributed by atoms with Crippen LogP contribution in [0.4, 0.5) is 5.69 Å². The number of hydrogen-bond donors (Lipinski definition) is 1. The molecular formula is C14H17N3O2. The number of nitrogen functional groups attached to an aromatic ring is 1. The average Bonchev–Trinajstić information content (AvgIpc) is 2.79. The van der Waals surface area contributed by atoms with Crippen LogP contribution in [0.3, 0.4) is 0 Å². The maximum Gasteiger partial charge on any atom is 0.355 e. The number of nitrogens with zero attached hydrogens (tertiary/aromatic N) is 2. The summed E-state index contributed by atoms with van der Waals surface area (Å²) in [6.07, 6.45) is 5.09. The second-order valence-electron chi connectivity index (χ2n) is 4.60. The largest absolute Gasteiger partial charge is 0.456 e. The lowest BCUT2D eigenvalue weighted by molar-refractivity contribution is 0.0458. The van der Waals surface area contributed by atoms with Gasteiger partial charge < -0.3 is 15.0 Å². The molecule has 2 N–H and O–H groups in total. The Morgan fingerprint density at radius 3 is 2.95 bits per heavy atom. The van der Waals surface area contributed by atoms with Crippen LogP contribution in [0.25, 0.3) is 0 Å². The SMILES string of the molecule is CC(C)n1cc(N)cc1C(=O)OCc1cccnc1. The Hall–Kier alpha value is -2.30. The van der Waals surface area contributed by atoms with Gasteiger partial charge in [0.1, 0.15) is 12.3 Å². The fourth-order valence-electron chi connectivity index (χ4n) is 1.80. The first-order chi connectivity index (χ1) is 9.08. The van der Waals surface area contributed by atoms with E-state index in [-0.39, 0.29) is 18.6 Å². The second-order valence-corrected chi connectivity index (χ2v) is 4.60. The first kappa shape index (κ1) is 13.1. The van der Waals surface area contributed by atoms with E-state index in [1.54, 1.807) is 35.3 Å². The van der Waals surface area contributed by atoms with Gasteiger partial charge in [-0.15, -0.1) is 0 Å². The third-order valence-electron chi connectivity index (χ3n) is 2.73. The number of carbonyl (C=O) groups excluding carboxylic acids is 1. The average molecular weight is 259 g/mol. The molecule has 2 aromatic rings. The number of aromatic nitrogens is 2. The van der Waals surface area contributed by atoms with Gasteiger partial charge in [0.25, 0.3) is 0 Å². The zero-order chi connectivity index (χ0) is 13.8. The first-order valence-electron chi connectivity index (χ1n) is 6.11. The van der Waals surface area contributed by atoms with E-state index < -0.39 is 0 Å². The molecule has 0 atom stereocenters. The molecule has 0 aromatic carbocycles. The van der Waals surface area contributed by atoms with Crippen molar-refractivity contribution in [3.05, 3.63) is 48.0 Å². The van der Waals surface area contributed by atoms with E-state index in [1.165, 1.54) is 0 Å². The van der Waals surface area contributed by atoms with Gasteiger partial charge in [-0.05, 0) is 26.0 Å². The van der Waals surface area contributed by atoms with E-state index in [4.69, 9.17) is 10.5 Å². The number of anilines is 1. The fourth-order valence-corrected chi connectivity index (χ4v) is 1.80. The molecule has 0 aliphatic carbocycles. The van der Waals surface area contributed by atoms with E-state index >= 15 is 0 Å². The van der Waals surface area contributed by atoms with Crippen molar-refractivity contribution in [3.63, 3.8) is 0 Å². The number of pyridine rings is 1. The summed E-state index contributed by atoms with van der Waals surface area (Å²) in [6, 6.07) is 5.44. The van der Waals surface area contributed by atoms with Gasteiger partial charge in [-0.3, -0.25) is 4.98 Å². The number of nitrogens with two attached hydrogens (primary N) is 1. The highest BCUT2D eigenvalue weighted by Crippen LogP contribution is 2.17. The van der Waals surface area contributed by atoms with Crippen LogP contribution in [0, 0.1) is 0 Å². The van der Waals surface area contributed by atoms with Crippen LogP contribution in [0.2, 0.25) is 0 Å². The molecule has 5 nitrogen and oxygen atoms in total. The zero-order valence-corrected chi connectivity index (χ0v) is 11.0. The summed E-state index contributed by atoms with van der Waals surface area (Å²) in [7, 11) is 0. The Kier molecular flexibility index (Phi) is 3.85. The molecule has 2 rings (SSSR count). The maximum atomic E-state index is 12.0. The molecule has 0 aliphatic heterocycles. The summed E-state index contributed by atoms with van der Waals surface area (Å²) in [6.45, 7) is 4.17. The molecule has 0 unspecified atom stereocenters. The minimum atomic E-state index is -0.380. The van der Waals surface area contributed by atoms with Crippen molar-refractivity contribution in [1.29, 1.82) is 0 Å². The first-order valence-corrected chi connectivity index (χ1v) is 6.11. The third kappa shape index (κ3) is 3.13. The summed E-state index contributed by atoms with van der Waals surface area (Å²) >= 11 is 0. The summed E-state index contributed by atoms with van der Waals surface area (Å²) < 4.78 is 7.07. The molecule has 100 valence electrons. The van der Waals surface area contributed by atoms with E-state index in [9.17, 15) is 4.79 Å². The Bertz CT molecular complexity index is 561. The van der Waals surface area contributed by atoms with Gasteiger partial charge in [0, 0.05) is 30.2 Å². The van der Waals surface area contributed by atoms with Crippen LogP contribution in [-0.4, -0.2) is 15.5 Å². The smallest absolute Gasteiger partial charge is 0.355 e. The predicted molar refractivity (Wildman–Crippen MR) is 72.6 cm³/mol. The van der Waals surface area contributed by atoms with Gasteiger partial charge in [0.05, 0.1) is 5.69 Å². The monoisotopic (exact) mass is 259 g/mol. The molecule has 0 saturated heterocycles. The standard InChI is InChI=1S/C14H17N3O2/c1-10(2)17-8-12(15)6-13(17)14(18)19-9-11-4-3-5-16-7-11/h3-8,10H,9,15H2,1-2H3. The highest BCUT2D eigenvalue weighted by Gasteiger charge is 2.16. The lowest BCUT2D eigenvalue weighted by atomic mass is 10.3. The normalized spacial score (nSPS) is 10.7. The van der Waals surface area contributed by atoms with Gasteiger partial charge >= 0.3 is 5.97 Å². The summed E-state index contributed by atoms with van der Waals surface area (Å²) in [5, 5.41) is 0. The van der Waals surface area contributed by atoms with Crippen molar-refractivity contribution in [1.82, 2.24) is 9.55 Å². The minimum absolute atomic E-state index is 0.151. The molecule has 2 heterocycles. The van der Waals surface area contributed by atoms with E-state index in [1.807, 2.05) is 19.9 Å². The van der Waals surface area contributed by atoms with Crippen molar-refractivity contribution >= 4 is 11.7 Å². The summed E-state index contributed by atoms with van der Waals surface area (Å²) in [5.74, 6) is -0.380. The summed E-state index contributed by atoms with van der Waals surface area (Å²) in [4.78, 5) is 16.0. The van der Waals surface area contributed by atoms with Gasteiger partial charge in [0.2, 0.25) is 0 Å². The van der Waals surface area contributed by atoms with Gasteiger partial charge in [-0.25, -0.2) is 4.79 Å². The van der Waals surface area contributed by atoms with Gasteiger partial charge in [0.15, 0.2) is 0 Å². The predicted octanol–water partition coefficient (Wildman–Crippen LogP) is 2.40. The fraction of sp³-hybridized carbons (Fsp3) is 0.286. The quantitative estimate of drug-likeness (QED) is 0.856. The van der Waals surface area contributed by atoms with E-state index in [0.29, 0.717) is 11.4 Å². The molecule has 0 amide bonds. The molecule has 2 aromatic heterocycles. The van der Waals surface area contributed by atoms with Crippen LogP contribution in [0.15, 0.2) is 36.8 Å². The van der Waals surface area contributed by atoms with Crippen LogP contribution < -0.4 is 5.73 Å². The summed E-state index contributed by atoms with van der Waals surface area (Å²) in [5.41, 5.74) is 7.60. The van der Waals surface area contributed by atoms with Crippen LogP contribution >= 0.6 is 0 Å². The van der Waals surface area contributed by atoms with Crippen molar-refractivity contribution in [2.75, 3.05) is 5.73 Å². The number of ether oxygens (including phenoxy) is 1.